The summed E-state index contributed by atoms with van der Waals surface area (Å²) in [6.45, 7) is 21.6. The molecule has 0 heterocycles. The van der Waals surface area contributed by atoms with Crippen molar-refractivity contribution in [1.29, 1.82) is 0 Å². The predicted molar refractivity (Wildman–Crippen MR) is 237 cm³/mol. The minimum Gasteiger partial charge on any atom is -0.480 e. The molecule has 63 heavy (non-hydrogen) atoms. The Bertz CT molecular complexity index is 1540. The van der Waals surface area contributed by atoms with Crippen molar-refractivity contribution in [3.63, 3.8) is 0 Å². The van der Waals surface area contributed by atoms with Gasteiger partial charge < -0.3 is 58.5 Å². The van der Waals surface area contributed by atoms with Crippen LogP contribution < -0.4 is 48.3 Å². The van der Waals surface area contributed by atoms with Crippen LogP contribution in [0.3, 0.4) is 0 Å². The van der Waals surface area contributed by atoms with Crippen molar-refractivity contribution in [2.24, 2.45) is 41.2 Å². The van der Waals surface area contributed by atoms with Crippen LogP contribution in [0.25, 0.3) is 0 Å². The highest BCUT2D eigenvalue weighted by atomic mass is 16.4. The largest absolute Gasteiger partial charge is 0.480 e. The van der Waals surface area contributed by atoms with Gasteiger partial charge in [0.15, 0.2) is 0 Å². The number of hydrogen-bond acceptors (Lipinski definition) is 11. The molecule has 0 rings (SSSR count). The number of rotatable bonds is 29. The molecule has 0 fully saturated rings. The van der Waals surface area contributed by atoms with Crippen LogP contribution in [0.2, 0.25) is 0 Å². The summed E-state index contributed by atoms with van der Waals surface area (Å²) < 4.78 is 0. The van der Waals surface area contributed by atoms with E-state index in [0.29, 0.717) is 19.3 Å². The van der Waals surface area contributed by atoms with Gasteiger partial charge in [-0.3, -0.25) is 38.4 Å². The van der Waals surface area contributed by atoms with E-state index in [1.54, 1.807) is 62.3 Å². The zero-order valence-corrected chi connectivity index (χ0v) is 39.7. The summed E-state index contributed by atoms with van der Waals surface area (Å²) in [7, 11) is 0. The maximum atomic E-state index is 13.9. The van der Waals surface area contributed by atoms with E-state index < -0.39 is 126 Å². The lowest BCUT2D eigenvalue weighted by Gasteiger charge is -2.31. The van der Waals surface area contributed by atoms with E-state index in [2.05, 4.69) is 42.5 Å². The zero-order valence-electron chi connectivity index (χ0n) is 39.7. The van der Waals surface area contributed by atoms with Crippen molar-refractivity contribution in [1.82, 2.24) is 42.5 Å². The molecule has 0 saturated carbocycles. The lowest BCUT2D eigenvalue weighted by atomic mass is 9.95. The molecular weight excluding hydrogens is 819 g/mol. The van der Waals surface area contributed by atoms with E-state index in [9.17, 15) is 53.4 Å². The van der Waals surface area contributed by atoms with Crippen LogP contribution in [0.1, 0.15) is 122 Å². The highest BCUT2D eigenvalue weighted by molar-refractivity contribution is 5.97. The SMILES string of the molecule is CC[C@H](C)[C@H](NC(=O)CN)C(=O)NCC(=O)N[C@H](C(=O)N[C@@H](CC(C)C)C(=O)N[C@H](C(=O)N[C@H](C(=O)N[C@H](C(=O)N[C@@H](CC(C)C)C(=O)O)[C@@H](C)CC)C(C)C)[C@@H](C)O)[C@@H](C)CC. The van der Waals surface area contributed by atoms with E-state index in [4.69, 9.17) is 5.73 Å². The fraction of sp³-hybridized carbons (Fsp3) is 0.791. The van der Waals surface area contributed by atoms with Gasteiger partial charge in [-0.05, 0) is 55.3 Å². The van der Waals surface area contributed by atoms with Crippen molar-refractivity contribution in [3.8, 4) is 0 Å². The van der Waals surface area contributed by atoms with E-state index in [0.717, 1.165) is 0 Å². The van der Waals surface area contributed by atoms with Gasteiger partial charge in [-0.25, -0.2) is 4.79 Å². The lowest BCUT2D eigenvalue weighted by Crippen LogP contribution is -2.63. The second-order valence-electron chi connectivity index (χ2n) is 17.8. The van der Waals surface area contributed by atoms with E-state index >= 15 is 0 Å². The molecule has 20 nitrogen and oxygen atoms in total. The van der Waals surface area contributed by atoms with Gasteiger partial charge in [0, 0.05) is 0 Å². The van der Waals surface area contributed by atoms with Crippen LogP contribution >= 0.6 is 0 Å². The van der Waals surface area contributed by atoms with Crippen LogP contribution in [0, 0.1) is 35.5 Å². The molecule has 0 aromatic rings. The molecule has 0 aromatic heterocycles. The van der Waals surface area contributed by atoms with Gasteiger partial charge in [-0.2, -0.15) is 0 Å². The summed E-state index contributed by atoms with van der Waals surface area (Å²) in [6.07, 6.45) is 0.195. The molecule has 0 aliphatic rings. The van der Waals surface area contributed by atoms with Crippen molar-refractivity contribution >= 4 is 53.2 Å². The van der Waals surface area contributed by atoms with Crippen LogP contribution in [-0.4, -0.2) is 125 Å². The predicted octanol–water partition coefficient (Wildman–Crippen LogP) is -0.193. The molecule has 0 aliphatic carbocycles. The number of carbonyl (C=O) groups excluding carboxylic acids is 8. The van der Waals surface area contributed by atoms with Crippen molar-refractivity contribution in [3.05, 3.63) is 0 Å². The monoisotopic (exact) mass is 898 g/mol. The molecule has 8 amide bonds. The number of nitrogens with two attached hydrogens (primary N) is 1. The average Bonchev–Trinajstić information content (AvgIpc) is 3.21. The molecule has 0 aromatic carbocycles. The first kappa shape index (κ1) is 58.1. The summed E-state index contributed by atoms with van der Waals surface area (Å²) in [5.41, 5.74) is 5.40. The molecule has 0 saturated heterocycles. The molecule has 20 heteroatoms. The maximum absolute atomic E-state index is 13.9. The molecule has 0 spiro atoms. The van der Waals surface area contributed by atoms with Gasteiger partial charge in [-0.1, -0.05) is 102 Å². The molecule has 12 N–H and O–H groups in total. The fourth-order valence-electron chi connectivity index (χ4n) is 6.44. The van der Waals surface area contributed by atoms with E-state index in [1.807, 2.05) is 20.8 Å². The van der Waals surface area contributed by atoms with Gasteiger partial charge in [0.25, 0.3) is 0 Å². The highest BCUT2D eigenvalue weighted by Gasteiger charge is 2.37. The minimum absolute atomic E-state index is 0.0432. The van der Waals surface area contributed by atoms with Gasteiger partial charge in [0.1, 0.15) is 42.3 Å². The Balaban J connectivity index is 6.22. The molecule has 0 unspecified atom stereocenters. The number of carboxylic acids is 1. The van der Waals surface area contributed by atoms with Crippen molar-refractivity contribution < 1.29 is 53.4 Å². The molecule has 0 aliphatic heterocycles. The Morgan fingerprint density at radius 3 is 1.24 bits per heavy atom. The zero-order chi connectivity index (χ0) is 48.9. The Kier molecular flexibility index (Phi) is 26.5. The third-order valence-corrected chi connectivity index (χ3v) is 11.0. The van der Waals surface area contributed by atoms with Crippen molar-refractivity contribution in [2.75, 3.05) is 13.1 Å². The number of aliphatic carboxylic acids is 1. The molecule has 0 radical (unpaired) electrons. The van der Waals surface area contributed by atoms with Crippen LogP contribution in [0.4, 0.5) is 0 Å². The highest BCUT2D eigenvalue weighted by Crippen LogP contribution is 2.15. The van der Waals surface area contributed by atoms with Gasteiger partial charge in [0.05, 0.1) is 19.2 Å². The summed E-state index contributed by atoms with van der Waals surface area (Å²) in [4.78, 5) is 118. The third-order valence-electron chi connectivity index (χ3n) is 11.0. The summed E-state index contributed by atoms with van der Waals surface area (Å²) in [6, 6.07) is -8.56. The second kappa shape index (κ2) is 28.8. The van der Waals surface area contributed by atoms with E-state index in [-0.39, 0.29) is 37.1 Å². The van der Waals surface area contributed by atoms with Crippen molar-refractivity contribution in [2.45, 2.75) is 171 Å². The Labute approximate surface area is 373 Å². The molecule has 362 valence electrons. The number of carboxylic acid groups (broad SMARTS) is 1. The molecular formula is C43H79N9O11. The standard InChI is InChI=1S/C43H79N9O11/c1-14-24(10)33(48-30(54)19-44)38(57)45-20-31(55)49-34(25(11)15-2)40(59)46-28(17-21(4)5)37(56)52-36(27(13)53)42(61)50-32(23(8)9)39(58)51-35(26(12)16-3)41(60)47-29(43(62)63)18-22(6)7/h21-29,32-36,53H,14-20,44H2,1-13H3,(H,45,57)(H,46,59)(H,47,60)(H,48,54)(H,49,55)(H,50,61)(H,51,58)(H,52,56)(H,62,63)/t24-,25-,26-,27+,28-,29-,32-,33-,34-,35-,36-/m0/s1. The first-order chi connectivity index (χ1) is 29.3. The van der Waals surface area contributed by atoms with Gasteiger partial charge >= 0.3 is 5.97 Å². The van der Waals surface area contributed by atoms with Crippen LogP contribution in [0.15, 0.2) is 0 Å². The summed E-state index contributed by atoms with van der Waals surface area (Å²) in [5.74, 6) is -8.90. The molecule has 0 bridgehead atoms. The smallest absolute Gasteiger partial charge is 0.326 e. The summed E-state index contributed by atoms with van der Waals surface area (Å²) >= 11 is 0. The van der Waals surface area contributed by atoms with Crippen LogP contribution in [-0.2, 0) is 43.2 Å². The Hall–Kier alpha value is -4.85. The molecule has 11 atom stereocenters. The lowest BCUT2D eigenvalue weighted by molar-refractivity contribution is -0.143. The topological polar surface area (TPSA) is 316 Å². The first-order valence-corrected chi connectivity index (χ1v) is 22.2. The van der Waals surface area contributed by atoms with Gasteiger partial charge in [0.2, 0.25) is 47.3 Å². The number of carbonyl (C=O) groups is 9. The minimum atomic E-state index is -1.61. The Morgan fingerprint density at radius 2 is 0.825 bits per heavy atom. The second-order valence-corrected chi connectivity index (χ2v) is 17.8. The quantitative estimate of drug-likeness (QED) is 0.0466. The summed E-state index contributed by atoms with van der Waals surface area (Å²) in [5, 5.41) is 41.0. The van der Waals surface area contributed by atoms with E-state index in [1.165, 1.54) is 6.92 Å². The third kappa shape index (κ3) is 20.5. The first-order valence-electron chi connectivity index (χ1n) is 22.2. The number of amides is 8. The van der Waals surface area contributed by atoms with Crippen LogP contribution in [0.5, 0.6) is 0 Å². The fourth-order valence-corrected chi connectivity index (χ4v) is 6.44. The maximum Gasteiger partial charge on any atom is 0.326 e. The van der Waals surface area contributed by atoms with Gasteiger partial charge in [-0.15, -0.1) is 0 Å². The number of aliphatic hydroxyl groups excluding tert-OH is 1. The Morgan fingerprint density at radius 1 is 0.460 bits per heavy atom. The number of nitrogens with one attached hydrogen (secondary N) is 8. The average molecular weight is 898 g/mol. The normalized spacial score (nSPS) is 16.7. The number of aliphatic hydroxyl groups is 1. The number of hydrogen-bond donors (Lipinski definition) is 11.